The average molecular weight is 495 g/mol. The van der Waals surface area contributed by atoms with Gasteiger partial charge in [0.15, 0.2) is 6.29 Å². The molecule has 2 aromatic rings. The number of hydrogen-bond donors (Lipinski definition) is 1. The maximum atomic E-state index is 13.1. The molecule has 0 saturated carbocycles. The molecule has 0 aromatic heterocycles. The minimum Gasteiger partial charge on any atom is -0.494 e. The molecule has 0 aliphatic carbocycles. The van der Waals surface area contributed by atoms with Gasteiger partial charge in [0, 0.05) is 30.3 Å². The van der Waals surface area contributed by atoms with Crippen LogP contribution in [-0.4, -0.2) is 58.4 Å². The van der Waals surface area contributed by atoms with Gasteiger partial charge in [0.25, 0.3) is 15.9 Å². The van der Waals surface area contributed by atoms with Crippen molar-refractivity contribution in [2.45, 2.75) is 31.0 Å². The number of carbonyl (C=O) groups is 1. The number of amides is 1. The van der Waals surface area contributed by atoms with Crippen LogP contribution in [0.5, 0.6) is 5.75 Å². The van der Waals surface area contributed by atoms with Crippen LogP contribution in [0, 0.1) is 5.92 Å². The van der Waals surface area contributed by atoms with Crippen LogP contribution in [0.3, 0.4) is 0 Å². The van der Waals surface area contributed by atoms with Crippen LogP contribution < -0.4 is 9.46 Å². The van der Waals surface area contributed by atoms with Crippen molar-refractivity contribution in [1.29, 1.82) is 0 Å². The quantitative estimate of drug-likeness (QED) is 0.629. The fourth-order valence-corrected chi connectivity index (χ4v) is 5.63. The standard InChI is InChI=1S/C23H27ClN2O6S/c1-2-30-19-6-4-18(5-7-19)25-33(28,29)21-15-17(3-8-20(21)24)22(27)26-11-9-16(10-12-26)23-31-13-14-32-23/h3-8,15-16,23,25H,2,9-14H2,1H3. The Hall–Kier alpha value is -2.33. The molecule has 2 aromatic carbocycles. The topological polar surface area (TPSA) is 94.2 Å². The second-order valence-corrected chi connectivity index (χ2v) is 10.0. The summed E-state index contributed by atoms with van der Waals surface area (Å²) in [7, 11) is -4.00. The summed E-state index contributed by atoms with van der Waals surface area (Å²) in [6, 6.07) is 10.9. The monoisotopic (exact) mass is 494 g/mol. The van der Waals surface area contributed by atoms with Crippen molar-refractivity contribution in [3.05, 3.63) is 53.1 Å². The van der Waals surface area contributed by atoms with E-state index in [-0.39, 0.29) is 33.6 Å². The SMILES string of the molecule is CCOc1ccc(NS(=O)(=O)c2cc(C(=O)N3CCC(C4OCCO4)CC3)ccc2Cl)cc1. The van der Waals surface area contributed by atoms with Crippen LogP contribution >= 0.6 is 11.6 Å². The molecule has 0 unspecified atom stereocenters. The number of sulfonamides is 1. The molecular weight excluding hydrogens is 468 g/mol. The minimum absolute atomic E-state index is 0.0409. The van der Waals surface area contributed by atoms with Gasteiger partial charge in [0.1, 0.15) is 10.6 Å². The first-order valence-electron chi connectivity index (χ1n) is 10.9. The van der Waals surface area contributed by atoms with Gasteiger partial charge >= 0.3 is 0 Å². The molecule has 0 bridgehead atoms. The van der Waals surface area contributed by atoms with Crippen LogP contribution in [0.1, 0.15) is 30.1 Å². The van der Waals surface area contributed by atoms with Gasteiger partial charge in [-0.2, -0.15) is 0 Å². The lowest BCUT2D eigenvalue weighted by Gasteiger charge is -2.34. The summed E-state index contributed by atoms with van der Waals surface area (Å²) < 4.78 is 45.0. The van der Waals surface area contributed by atoms with Crippen molar-refractivity contribution in [2.75, 3.05) is 37.6 Å². The summed E-state index contributed by atoms with van der Waals surface area (Å²) in [5.41, 5.74) is 0.642. The third-order valence-electron chi connectivity index (χ3n) is 5.74. The maximum absolute atomic E-state index is 13.1. The van der Waals surface area contributed by atoms with Crippen molar-refractivity contribution < 1.29 is 27.4 Å². The molecule has 8 nitrogen and oxygen atoms in total. The van der Waals surface area contributed by atoms with E-state index in [1.807, 2.05) is 6.92 Å². The Labute approximate surface area is 198 Å². The van der Waals surface area contributed by atoms with Gasteiger partial charge in [0.2, 0.25) is 0 Å². The van der Waals surface area contributed by atoms with Crippen LogP contribution in [-0.2, 0) is 19.5 Å². The minimum atomic E-state index is -4.00. The maximum Gasteiger partial charge on any atom is 0.263 e. The van der Waals surface area contributed by atoms with E-state index in [2.05, 4.69) is 4.72 Å². The van der Waals surface area contributed by atoms with E-state index in [4.69, 9.17) is 25.8 Å². The number of hydrogen-bond acceptors (Lipinski definition) is 6. The van der Waals surface area contributed by atoms with Crippen LogP contribution in [0.2, 0.25) is 5.02 Å². The van der Waals surface area contributed by atoms with E-state index < -0.39 is 10.0 Å². The van der Waals surface area contributed by atoms with Crippen LogP contribution in [0.15, 0.2) is 47.4 Å². The van der Waals surface area contributed by atoms with Crippen molar-refractivity contribution in [3.63, 3.8) is 0 Å². The molecule has 2 heterocycles. The first-order valence-corrected chi connectivity index (χ1v) is 12.8. The molecule has 4 rings (SSSR count). The van der Waals surface area contributed by atoms with Gasteiger partial charge in [-0.1, -0.05) is 11.6 Å². The molecule has 0 spiro atoms. The molecule has 0 atom stereocenters. The Morgan fingerprint density at radius 3 is 2.42 bits per heavy atom. The zero-order valence-electron chi connectivity index (χ0n) is 18.3. The van der Waals surface area contributed by atoms with Gasteiger partial charge in [-0.3, -0.25) is 9.52 Å². The lowest BCUT2D eigenvalue weighted by atomic mass is 9.95. The molecule has 2 fully saturated rings. The van der Waals surface area contributed by atoms with E-state index in [1.165, 1.54) is 12.1 Å². The van der Waals surface area contributed by atoms with E-state index >= 15 is 0 Å². The number of carbonyl (C=O) groups excluding carboxylic acids is 1. The number of halogens is 1. The fourth-order valence-electron chi connectivity index (χ4n) is 4.04. The molecule has 2 aliphatic heterocycles. The highest BCUT2D eigenvalue weighted by Crippen LogP contribution is 2.29. The Kier molecular flexibility index (Phi) is 7.43. The molecule has 2 aliphatic rings. The summed E-state index contributed by atoms with van der Waals surface area (Å²) in [4.78, 5) is 14.6. The number of likely N-dealkylation sites (tertiary alicyclic amines) is 1. The molecule has 1 N–H and O–H groups in total. The number of ether oxygens (including phenoxy) is 3. The predicted octanol–water partition coefficient (Wildman–Crippen LogP) is 3.76. The molecule has 178 valence electrons. The van der Waals surface area contributed by atoms with E-state index in [0.717, 1.165) is 12.8 Å². The molecule has 10 heteroatoms. The summed E-state index contributed by atoms with van der Waals surface area (Å²) in [5.74, 6) is 0.674. The fraction of sp³-hybridized carbons (Fsp3) is 0.435. The highest BCUT2D eigenvalue weighted by molar-refractivity contribution is 7.92. The van der Waals surface area contributed by atoms with E-state index in [1.54, 1.807) is 35.2 Å². The van der Waals surface area contributed by atoms with Gasteiger partial charge in [-0.25, -0.2) is 8.42 Å². The van der Waals surface area contributed by atoms with Gasteiger partial charge < -0.3 is 19.1 Å². The van der Waals surface area contributed by atoms with Crippen molar-refractivity contribution in [2.24, 2.45) is 5.92 Å². The number of anilines is 1. The smallest absolute Gasteiger partial charge is 0.263 e. The third kappa shape index (κ3) is 5.60. The largest absolute Gasteiger partial charge is 0.494 e. The lowest BCUT2D eigenvalue weighted by Crippen LogP contribution is -2.41. The highest BCUT2D eigenvalue weighted by Gasteiger charge is 2.32. The summed E-state index contributed by atoms with van der Waals surface area (Å²) >= 11 is 6.20. The second kappa shape index (κ2) is 10.3. The van der Waals surface area contributed by atoms with E-state index in [0.29, 0.717) is 44.3 Å². The summed E-state index contributed by atoms with van der Waals surface area (Å²) in [5, 5.41) is 0.0409. The number of rotatable bonds is 7. The number of nitrogens with zero attached hydrogens (tertiary/aromatic N) is 1. The Bertz CT molecular complexity index is 1080. The molecule has 1 amide bonds. The Morgan fingerprint density at radius 2 is 1.79 bits per heavy atom. The van der Waals surface area contributed by atoms with Gasteiger partial charge in [-0.05, 0) is 62.2 Å². The average Bonchev–Trinajstić information content (AvgIpc) is 3.35. The number of nitrogens with one attached hydrogen (secondary N) is 1. The van der Waals surface area contributed by atoms with Crippen LogP contribution in [0.25, 0.3) is 0 Å². The van der Waals surface area contributed by atoms with Crippen molar-refractivity contribution >= 4 is 33.2 Å². The molecular formula is C23H27ClN2O6S. The summed E-state index contributed by atoms with van der Waals surface area (Å²) in [6.07, 6.45) is 1.35. The molecule has 0 radical (unpaired) electrons. The van der Waals surface area contributed by atoms with Crippen molar-refractivity contribution in [3.8, 4) is 5.75 Å². The highest BCUT2D eigenvalue weighted by atomic mass is 35.5. The second-order valence-electron chi connectivity index (χ2n) is 7.95. The molecule has 2 saturated heterocycles. The zero-order chi connectivity index (χ0) is 23.4. The van der Waals surface area contributed by atoms with Crippen LogP contribution in [0.4, 0.5) is 5.69 Å². The predicted molar refractivity (Wildman–Crippen MR) is 124 cm³/mol. The normalized spacial score (nSPS) is 17.8. The van der Waals surface area contributed by atoms with E-state index in [9.17, 15) is 13.2 Å². The zero-order valence-corrected chi connectivity index (χ0v) is 19.9. The Morgan fingerprint density at radius 1 is 1.12 bits per heavy atom. The lowest BCUT2D eigenvalue weighted by molar-refractivity contribution is -0.0956. The number of benzene rings is 2. The first kappa shape index (κ1) is 23.8. The van der Waals surface area contributed by atoms with Crippen molar-refractivity contribution in [1.82, 2.24) is 4.90 Å². The third-order valence-corrected chi connectivity index (χ3v) is 7.61. The molecule has 33 heavy (non-hydrogen) atoms. The number of piperidine rings is 1. The van der Waals surface area contributed by atoms with Gasteiger partial charge in [0.05, 0.1) is 24.8 Å². The Balaban J connectivity index is 1.46. The van der Waals surface area contributed by atoms with Gasteiger partial charge in [-0.15, -0.1) is 0 Å². The first-order chi connectivity index (χ1) is 15.9. The summed E-state index contributed by atoms with van der Waals surface area (Å²) in [6.45, 7) is 4.71.